The van der Waals surface area contributed by atoms with Gasteiger partial charge in [-0.3, -0.25) is 19.2 Å². The van der Waals surface area contributed by atoms with Crippen molar-refractivity contribution in [2.75, 3.05) is 45.7 Å². The second-order valence-corrected chi connectivity index (χ2v) is 20.1. The number of hydrogen-bond acceptors (Lipinski definition) is 13. The molecule has 1 aromatic carbocycles. The largest absolute Gasteiger partial charge is 0.445 e. The van der Waals surface area contributed by atoms with Crippen molar-refractivity contribution in [1.29, 1.82) is 0 Å². The highest BCUT2D eigenvalue weighted by Crippen LogP contribution is 2.72. The van der Waals surface area contributed by atoms with Crippen molar-refractivity contribution >= 4 is 47.3 Å². The number of nitrogens with two attached hydrogens (primary N) is 2. The van der Waals surface area contributed by atoms with Crippen molar-refractivity contribution in [2.45, 2.75) is 134 Å². The lowest BCUT2D eigenvalue weighted by atomic mass is 9.44. The number of likely N-dealkylation sites (N-methyl/N-ethyl adjacent to an activating group) is 2. The lowest BCUT2D eigenvalue weighted by molar-refractivity contribution is -0.234. The molecule has 6 rings (SSSR count). The van der Waals surface area contributed by atoms with E-state index in [2.05, 4.69) is 16.0 Å². The normalized spacial score (nSPS) is 31.4. The topological polar surface area (TPSA) is 271 Å². The van der Waals surface area contributed by atoms with Crippen LogP contribution in [-0.2, 0) is 44.7 Å². The molecule has 1 heterocycles. The number of benzene rings is 1. The average molecular weight is 986 g/mol. The number of aliphatic hydroxyl groups excluding tert-OH is 1. The Morgan fingerprint density at radius 2 is 1.64 bits per heavy atom. The summed E-state index contributed by atoms with van der Waals surface area (Å²) in [5, 5.41) is 19.7. The van der Waals surface area contributed by atoms with E-state index in [1.165, 1.54) is 43.0 Å². The van der Waals surface area contributed by atoms with E-state index in [0.717, 1.165) is 6.08 Å². The Morgan fingerprint density at radius 3 is 2.27 bits per heavy atom. The molecule has 4 fully saturated rings. The van der Waals surface area contributed by atoms with Crippen molar-refractivity contribution in [3.63, 3.8) is 0 Å². The number of amides is 6. The lowest BCUT2D eigenvalue weighted by Gasteiger charge is -2.63. The van der Waals surface area contributed by atoms with Crippen LogP contribution < -0.4 is 27.4 Å². The van der Waals surface area contributed by atoms with E-state index in [1.54, 1.807) is 45.0 Å². The number of ketones is 2. The number of alkyl halides is 2. The van der Waals surface area contributed by atoms with E-state index < -0.39 is 119 Å². The third kappa shape index (κ3) is 10.3. The molecular formula is C49H69F2N7O12. The summed E-state index contributed by atoms with van der Waals surface area (Å²) in [7, 11) is 2.90. The van der Waals surface area contributed by atoms with E-state index in [1.807, 2.05) is 6.92 Å². The molecule has 0 spiro atoms. The first-order valence-corrected chi connectivity index (χ1v) is 24.0. The van der Waals surface area contributed by atoms with Crippen LogP contribution in [0.4, 0.5) is 28.9 Å². The van der Waals surface area contributed by atoms with Gasteiger partial charge in [-0.15, -0.1) is 0 Å². The van der Waals surface area contributed by atoms with Gasteiger partial charge in [0.25, 0.3) is 0 Å². The fraction of sp³-hybridized carbons (Fsp3) is 0.653. The number of urea groups is 1. The van der Waals surface area contributed by atoms with Gasteiger partial charge in [0.15, 0.2) is 29.9 Å². The fourth-order valence-electron chi connectivity index (χ4n) is 11.2. The SMILES string of the molecule is CCCC1O[C@@H]2C[C@H]3[C@@H]4C[C@H](F)C5=CC(=O)C=C[C@]5(C)[C@@]4(F)[C@@H](O)C[C@]3(C)[C@]2(C(=O)COC(=O)N(C)CCN(C)C(=O)OCc2ccc(NC(=O)[C@H](CCCNC(N)=O)NC(=O)C(N)C(C)C)cc2)O1. The number of aliphatic hydroxyl groups is 1. The predicted octanol–water partition coefficient (Wildman–Crippen LogP) is 3.96. The van der Waals surface area contributed by atoms with Gasteiger partial charge in [0.1, 0.15) is 18.8 Å². The monoisotopic (exact) mass is 985 g/mol. The van der Waals surface area contributed by atoms with E-state index in [0.29, 0.717) is 30.5 Å². The minimum Gasteiger partial charge on any atom is -0.445 e. The van der Waals surface area contributed by atoms with Gasteiger partial charge in [-0.05, 0) is 92.7 Å². The van der Waals surface area contributed by atoms with Gasteiger partial charge in [0, 0.05) is 56.2 Å². The predicted molar refractivity (Wildman–Crippen MR) is 250 cm³/mol. The number of allylic oxidation sites excluding steroid dienone is 4. The Balaban J connectivity index is 1.01. The highest BCUT2D eigenvalue weighted by molar-refractivity contribution is 6.01. The van der Waals surface area contributed by atoms with Crippen LogP contribution >= 0.6 is 0 Å². The summed E-state index contributed by atoms with van der Waals surface area (Å²) in [4.78, 5) is 92.5. The Labute approximate surface area is 406 Å². The first-order valence-electron chi connectivity index (χ1n) is 24.0. The van der Waals surface area contributed by atoms with Gasteiger partial charge in [-0.1, -0.05) is 52.3 Å². The van der Waals surface area contributed by atoms with Crippen LogP contribution in [0.3, 0.4) is 0 Å². The second kappa shape index (κ2) is 21.5. The molecule has 12 atom stereocenters. The molecule has 6 amide bonds. The van der Waals surface area contributed by atoms with Crippen LogP contribution in [0.25, 0.3) is 0 Å². The molecule has 0 aromatic heterocycles. The molecule has 0 radical (unpaired) electrons. The maximum Gasteiger partial charge on any atom is 0.409 e. The minimum atomic E-state index is -2.37. The van der Waals surface area contributed by atoms with Crippen molar-refractivity contribution in [3.05, 3.63) is 53.6 Å². The Hall–Kier alpha value is -5.51. The number of ether oxygens (including phenoxy) is 4. The number of carbonyl (C=O) groups excluding carboxylic acids is 7. The lowest BCUT2D eigenvalue weighted by Crippen LogP contribution is -2.71. The molecule has 8 N–H and O–H groups in total. The number of nitrogens with one attached hydrogen (secondary N) is 3. The summed E-state index contributed by atoms with van der Waals surface area (Å²) in [5.41, 5.74) is 5.08. The quantitative estimate of drug-likeness (QED) is 0.107. The molecule has 2 unspecified atom stereocenters. The number of hydrogen-bond donors (Lipinski definition) is 6. The fourth-order valence-corrected chi connectivity index (χ4v) is 11.2. The average Bonchev–Trinajstić information content (AvgIpc) is 3.80. The maximum atomic E-state index is 17.8. The van der Waals surface area contributed by atoms with Crippen molar-refractivity contribution in [3.8, 4) is 0 Å². The number of rotatable bonds is 19. The molecule has 21 heteroatoms. The van der Waals surface area contributed by atoms with Crippen LogP contribution in [0.15, 0.2) is 48.1 Å². The minimum absolute atomic E-state index is 0.0120. The van der Waals surface area contributed by atoms with E-state index >= 15 is 8.78 Å². The molecule has 19 nitrogen and oxygen atoms in total. The molecule has 4 aliphatic carbocycles. The standard InChI is InChI=1S/C49H69F2N7O12/c1-8-10-39-69-38-23-31-32-22-34(50)33-21-30(59)16-17-46(33,4)48(32,51)36(60)24-47(31,5)49(38,70-39)37(61)26-68-45(66)58(7)20-19-57(6)44(65)67-25-28-12-14-29(15-13-28)55-41(62)35(11-9-18-54-43(53)64)56-42(63)40(52)27(2)3/h12-17,21,27,31-32,34-36,38-40,60H,8-11,18-20,22-26,52H2,1-7H3,(H,55,62)(H,56,63)(H3,53,54,64)/t31-,32-,34-,35-,36-,38+,39?,40?,46-,47-,48-,49+/m0/s1. The van der Waals surface area contributed by atoms with E-state index in [-0.39, 0.29) is 63.4 Å². The number of halogens is 2. The van der Waals surface area contributed by atoms with Crippen LogP contribution in [0.5, 0.6) is 0 Å². The first-order chi connectivity index (χ1) is 32.9. The molecule has 1 aliphatic heterocycles. The van der Waals surface area contributed by atoms with Gasteiger partial charge in [-0.25, -0.2) is 23.2 Å². The molecule has 5 aliphatic rings. The molecule has 0 bridgehead atoms. The number of anilines is 1. The summed E-state index contributed by atoms with van der Waals surface area (Å²) in [6, 6.07) is 3.97. The molecule has 3 saturated carbocycles. The zero-order valence-corrected chi connectivity index (χ0v) is 41.0. The smallest absolute Gasteiger partial charge is 0.409 e. The van der Waals surface area contributed by atoms with Crippen molar-refractivity contribution in [2.24, 2.45) is 40.1 Å². The maximum absolute atomic E-state index is 17.8. The van der Waals surface area contributed by atoms with Gasteiger partial charge < -0.3 is 61.3 Å². The van der Waals surface area contributed by atoms with Crippen LogP contribution in [0.1, 0.15) is 85.1 Å². The molecule has 70 heavy (non-hydrogen) atoms. The third-order valence-corrected chi connectivity index (χ3v) is 15.3. The Bertz CT molecular complexity index is 2230. The molecule has 1 saturated heterocycles. The summed E-state index contributed by atoms with van der Waals surface area (Å²) < 4.78 is 57.7. The third-order valence-electron chi connectivity index (χ3n) is 15.3. The zero-order chi connectivity index (χ0) is 51.5. The van der Waals surface area contributed by atoms with Crippen LogP contribution in [0.2, 0.25) is 0 Å². The summed E-state index contributed by atoms with van der Waals surface area (Å²) >= 11 is 0. The number of Topliss-reactive ketones (excluding diaryl/α,β-unsaturated/α-hetero) is 1. The van der Waals surface area contributed by atoms with Crippen molar-refractivity contribution < 1.29 is 66.4 Å². The molecule has 1 aromatic rings. The molecule has 386 valence electrons. The number of primary amides is 1. The van der Waals surface area contributed by atoms with Crippen LogP contribution in [0, 0.1) is 28.6 Å². The van der Waals surface area contributed by atoms with Crippen LogP contribution in [-0.4, -0.2) is 145 Å². The van der Waals surface area contributed by atoms with Gasteiger partial charge in [-0.2, -0.15) is 0 Å². The second-order valence-electron chi connectivity index (χ2n) is 20.1. The summed E-state index contributed by atoms with van der Waals surface area (Å²) in [6.45, 7) is 8.05. The summed E-state index contributed by atoms with van der Waals surface area (Å²) in [6.07, 6.45) is -1.74. The van der Waals surface area contributed by atoms with E-state index in [4.69, 9.17) is 30.4 Å². The number of nitrogens with zero attached hydrogens (tertiary/aromatic N) is 2. The summed E-state index contributed by atoms with van der Waals surface area (Å²) in [5.74, 6) is -4.02. The Morgan fingerprint density at radius 1 is 0.986 bits per heavy atom. The number of carbonyl (C=O) groups is 7. The number of fused-ring (bicyclic) bond motifs is 7. The van der Waals surface area contributed by atoms with E-state index in [9.17, 15) is 38.7 Å². The first kappa shape index (κ1) is 53.8. The Kier molecular flexibility index (Phi) is 16.5. The van der Waals surface area contributed by atoms with Gasteiger partial charge in [0.05, 0.1) is 18.2 Å². The van der Waals surface area contributed by atoms with Gasteiger partial charge >= 0.3 is 18.2 Å². The zero-order valence-electron chi connectivity index (χ0n) is 41.0. The highest BCUT2D eigenvalue weighted by Gasteiger charge is 2.80. The molecular weight excluding hydrogens is 917 g/mol. The van der Waals surface area contributed by atoms with Crippen molar-refractivity contribution in [1.82, 2.24) is 20.4 Å². The van der Waals surface area contributed by atoms with Gasteiger partial charge in [0.2, 0.25) is 17.6 Å². The highest BCUT2D eigenvalue weighted by atomic mass is 19.1.